The third kappa shape index (κ3) is 5.66. The number of morpholine rings is 1. The van der Waals surface area contributed by atoms with E-state index < -0.39 is 10.2 Å². The average Bonchev–Trinajstić information content (AvgIpc) is 3.13. The van der Waals surface area contributed by atoms with Crippen molar-refractivity contribution in [2.24, 2.45) is 0 Å². The van der Waals surface area contributed by atoms with Crippen molar-refractivity contribution < 1.29 is 17.9 Å². The topological polar surface area (TPSA) is 100 Å². The molecule has 10 nitrogen and oxygen atoms in total. The van der Waals surface area contributed by atoms with Gasteiger partial charge in [0.1, 0.15) is 5.82 Å². The molecule has 186 valence electrons. The highest BCUT2D eigenvalue weighted by Crippen LogP contribution is 2.20. The van der Waals surface area contributed by atoms with Crippen molar-refractivity contribution in [2.45, 2.75) is 39.9 Å². The van der Waals surface area contributed by atoms with Crippen molar-refractivity contribution in [1.82, 2.24) is 23.3 Å². The maximum Gasteiger partial charge on any atom is 0.282 e. The first kappa shape index (κ1) is 24.8. The fourth-order valence-electron chi connectivity index (χ4n) is 4.46. The molecule has 0 radical (unpaired) electrons. The largest absolute Gasteiger partial charge is 0.373 e. The van der Waals surface area contributed by atoms with Crippen LogP contribution in [0.25, 0.3) is 5.69 Å². The van der Waals surface area contributed by atoms with Crippen LogP contribution in [0.4, 0.5) is 5.82 Å². The number of aromatic nitrogens is 2. The normalized spacial score (nSPS) is 23.2. The molecule has 1 aromatic carbocycles. The lowest BCUT2D eigenvalue weighted by Crippen LogP contribution is -2.57. The molecule has 4 rings (SSSR count). The minimum Gasteiger partial charge on any atom is -0.373 e. The molecule has 0 spiro atoms. The molecule has 1 amide bonds. The van der Waals surface area contributed by atoms with Crippen LogP contribution in [0.1, 0.15) is 25.1 Å². The summed E-state index contributed by atoms with van der Waals surface area (Å²) in [7, 11) is -3.54. The summed E-state index contributed by atoms with van der Waals surface area (Å²) < 4.78 is 36.6. The molecule has 34 heavy (non-hydrogen) atoms. The molecule has 0 saturated carbocycles. The Morgan fingerprint density at radius 1 is 1.03 bits per heavy atom. The van der Waals surface area contributed by atoms with Crippen LogP contribution in [0.15, 0.2) is 30.3 Å². The number of carbonyl (C=O) groups excluding carboxylic acids is 1. The number of benzene rings is 1. The summed E-state index contributed by atoms with van der Waals surface area (Å²) in [6.45, 7) is 10.3. The van der Waals surface area contributed by atoms with Crippen molar-refractivity contribution >= 4 is 21.9 Å². The number of hydrogen-bond donors (Lipinski definition) is 1. The lowest BCUT2D eigenvalue weighted by atomic mass is 10.2. The minimum absolute atomic E-state index is 0.125. The lowest BCUT2D eigenvalue weighted by Gasteiger charge is -2.40. The SMILES string of the molecule is Cc1ccc(-n2nc(C)cc2NC(=O)CN2CCN(S(=O)(=O)N3CC(C)OC(C)C3)CC2)cc1. The number of anilines is 1. The highest BCUT2D eigenvalue weighted by atomic mass is 32.2. The number of nitrogens with zero attached hydrogens (tertiary/aromatic N) is 5. The summed E-state index contributed by atoms with van der Waals surface area (Å²) in [6.07, 6.45) is -0.249. The van der Waals surface area contributed by atoms with E-state index in [0.29, 0.717) is 45.1 Å². The van der Waals surface area contributed by atoms with Gasteiger partial charge in [-0.05, 0) is 39.8 Å². The van der Waals surface area contributed by atoms with E-state index in [1.54, 1.807) is 4.68 Å². The van der Waals surface area contributed by atoms with E-state index in [9.17, 15) is 13.2 Å². The standard InChI is InChI=1S/C23H34N6O4S/c1-17-5-7-21(8-6-17)29-22(13-18(2)25-29)24-23(30)16-26-9-11-27(12-10-26)34(31,32)28-14-19(3)33-20(4)15-28/h5-8,13,19-20H,9-12,14-16H2,1-4H3,(H,24,30). The third-order valence-electron chi connectivity index (χ3n) is 6.11. The summed E-state index contributed by atoms with van der Waals surface area (Å²) in [4.78, 5) is 14.8. The first-order chi connectivity index (χ1) is 16.1. The summed E-state index contributed by atoms with van der Waals surface area (Å²) in [5.41, 5.74) is 2.83. The van der Waals surface area contributed by atoms with Gasteiger partial charge in [0.05, 0.1) is 30.1 Å². The molecule has 2 atom stereocenters. The Kier molecular flexibility index (Phi) is 7.39. The Hall–Kier alpha value is -2.31. The van der Waals surface area contributed by atoms with E-state index in [2.05, 4.69) is 10.4 Å². The van der Waals surface area contributed by atoms with Crippen LogP contribution in [0.2, 0.25) is 0 Å². The zero-order chi connectivity index (χ0) is 24.5. The molecule has 0 bridgehead atoms. The van der Waals surface area contributed by atoms with Gasteiger partial charge in [-0.2, -0.15) is 22.1 Å². The van der Waals surface area contributed by atoms with Crippen molar-refractivity contribution in [3.63, 3.8) is 0 Å². The van der Waals surface area contributed by atoms with Gasteiger partial charge in [-0.3, -0.25) is 9.69 Å². The second kappa shape index (κ2) is 10.1. The molecule has 1 N–H and O–H groups in total. The fourth-order valence-corrected chi connectivity index (χ4v) is 6.21. The minimum atomic E-state index is -3.54. The molecule has 2 aliphatic rings. The zero-order valence-corrected chi connectivity index (χ0v) is 21.1. The number of rotatable bonds is 6. The molecule has 2 fully saturated rings. The molecule has 2 saturated heterocycles. The molecular weight excluding hydrogens is 456 g/mol. The van der Waals surface area contributed by atoms with Crippen LogP contribution in [-0.2, 0) is 19.7 Å². The Morgan fingerprint density at radius 2 is 1.65 bits per heavy atom. The highest BCUT2D eigenvalue weighted by Gasteiger charge is 2.36. The number of aryl methyl sites for hydroxylation is 2. The summed E-state index contributed by atoms with van der Waals surface area (Å²) in [5, 5.41) is 7.46. The predicted molar refractivity (Wildman–Crippen MR) is 130 cm³/mol. The van der Waals surface area contributed by atoms with E-state index in [1.807, 2.05) is 62.9 Å². The van der Waals surface area contributed by atoms with E-state index in [4.69, 9.17) is 4.74 Å². The van der Waals surface area contributed by atoms with Crippen LogP contribution < -0.4 is 5.32 Å². The van der Waals surface area contributed by atoms with E-state index in [0.717, 1.165) is 16.9 Å². The van der Waals surface area contributed by atoms with Gasteiger partial charge in [0.2, 0.25) is 5.91 Å². The summed E-state index contributed by atoms with van der Waals surface area (Å²) in [6, 6.07) is 9.78. The first-order valence-electron chi connectivity index (χ1n) is 11.7. The summed E-state index contributed by atoms with van der Waals surface area (Å²) in [5.74, 6) is 0.462. The molecule has 11 heteroatoms. The number of amides is 1. The van der Waals surface area contributed by atoms with Gasteiger partial charge in [0.25, 0.3) is 10.2 Å². The molecule has 2 unspecified atom stereocenters. The molecule has 2 aliphatic heterocycles. The van der Waals surface area contributed by atoms with Crippen molar-refractivity contribution in [3.8, 4) is 5.69 Å². The van der Waals surface area contributed by atoms with E-state index >= 15 is 0 Å². The Balaban J connectivity index is 1.33. The number of piperazine rings is 1. The molecule has 1 aromatic heterocycles. The Bertz CT molecular complexity index is 1100. The lowest BCUT2D eigenvalue weighted by molar-refractivity contribution is -0.117. The van der Waals surface area contributed by atoms with Gasteiger partial charge in [-0.25, -0.2) is 4.68 Å². The van der Waals surface area contributed by atoms with Gasteiger partial charge >= 0.3 is 0 Å². The maximum absolute atomic E-state index is 13.1. The quantitative estimate of drug-likeness (QED) is 0.657. The van der Waals surface area contributed by atoms with Crippen molar-refractivity contribution in [3.05, 3.63) is 41.6 Å². The van der Waals surface area contributed by atoms with E-state index in [1.165, 1.54) is 8.61 Å². The van der Waals surface area contributed by atoms with Crippen LogP contribution in [0, 0.1) is 13.8 Å². The number of ether oxygens (including phenoxy) is 1. The highest BCUT2D eigenvalue weighted by molar-refractivity contribution is 7.86. The van der Waals surface area contributed by atoms with Crippen molar-refractivity contribution in [2.75, 3.05) is 51.1 Å². The second-order valence-corrected chi connectivity index (χ2v) is 11.2. The van der Waals surface area contributed by atoms with Crippen LogP contribution in [0.3, 0.4) is 0 Å². The maximum atomic E-state index is 13.1. The molecule has 0 aliphatic carbocycles. The number of hydrogen-bond acceptors (Lipinski definition) is 6. The van der Waals surface area contributed by atoms with Gasteiger partial charge in [0.15, 0.2) is 0 Å². The molecule has 2 aromatic rings. The van der Waals surface area contributed by atoms with E-state index in [-0.39, 0.29) is 24.7 Å². The first-order valence-corrected chi connectivity index (χ1v) is 13.1. The summed E-state index contributed by atoms with van der Waals surface area (Å²) >= 11 is 0. The van der Waals surface area contributed by atoms with Crippen LogP contribution >= 0.6 is 0 Å². The van der Waals surface area contributed by atoms with Gasteiger partial charge in [0, 0.05) is 45.3 Å². The van der Waals surface area contributed by atoms with Gasteiger partial charge < -0.3 is 10.1 Å². The second-order valence-electron chi connectivity index (χ2n) is 9.22. The fraction of sp³-hybridized carbons (Fsp3) is 0.565. The Morgan fingerprint density at radius 3 is 2.26 bits per heavy atom. The van der Waals surface area contributed by atoms with Crippen molar-refractivity contribution in [1.29, 1.82) is 0 Å². The smallest absolute Gasteiger partial charge is 0.282 e. The Labute approximate surface area is 201 Å². The third-order valence-corrected chi connectivity index (χ3v) is 8.08. The molecule has 3 heterocycles. The van der Waals surface area contributed by atoms with Crippen LogP contribution in [0.5, 0.6) is 0 Å². The average molecular weight is 491 g/mol. The predicted octanol–water partition coefficient (Wildman–Crippen LogP) is 1.40. The number of nitrogens with one attached hydrogen (secondary N) is 1. The van der Waals surface area contributed by atoms with Crippen LogP contribution in [-0.4, -0.2) is 95.6 Å². The van der Waals surface area contributed by atoms with Gasteiger partial charge in [-0.1, -0.05) is 17.7 Å². The number of carbonyl (C=O) groups is 1. The monoisotopic (exact) mass is 490 g/mol. The molecular formula is C23H34N6O4S. The zero-order valence-electron chi connectivity index (χ0n) is 20.3. The van der Waals surface area contributed by atoms with Gasteiger partial charge in [-0.15, -0.1) is 0 Å².